The summed E-state index contributed by atoms with van der Waals surface area (Å²) in [6, 6.07) is 9.13. The lowest BCUT2D eigenvalue weighted by Crippen LogP contribution is -2.41. The van der Waals surface area contributed by atoms with Gasteiger partial charge in [-0.2, -0.15) is 22.0 Å². The van der Waals surface area contributed by atoms with Crippen molar-refractivity contribution in [2.24, 2.45) is 17.3 Å². The van der Waals surface area contributed by atoms with E-state index in [0.717, 1.165) is 43.4 Å². The minimum Gasteiger partial charge on any atom is -0.229 e. The number of halogens is 5. The molecule has 40 heavy (non-hydrogen) atoms. The fourth-order valence-electron chi connectivity index (χ4n) is 8.37. The molecule has 3 aliphatic carbocycles. The molecule has 0 radical (unpaired) electrons. The highest BCUT2D eigenvalue weighted by Gasteiger charge is 2.56. The second kappa shape index (κ2) is 13.4. The molecule has 0 spiro atoms. The summed E-state index contributed by atoms with van der Waals surface area (Å²) in [7, 11) is -3.60. The number of sulfone groups is 1. The summed E-state index contributed by atoms with van der Waals surface area (Å²) in [6.07, 6.45) is 11.2. The molecule has 0 amide bonds. The average molecular weight is 591 g/mol. The van der Waals surface area contributed by atoms with Gasteiger partial charge >= 0.3 is 12.1 Å². The number of alkyl halides is 5. The Hall–Kier alpha value is -1.18. The molecule has 228 valence electrons. The van der Waals surface area contributed by atoms with Crippen LogP contribution in [0.1, 0.15) is 126 Å². The highest BCUT2D eigenvalue weighted by Crippen LogP contribution is 2.62. The molecule has 2 saturated carbocycles. The van der Waals surface area contributed by atoms with E-state index in [2.05, 4.69) is 24.3 Å². The van der Waals surface area contributed by atoms with Crippen molar-refractivity contribution in [1.82, 2.24) is 0 Å². The van der Waals surface area contributed by atoms with Crippen molar-refractivity contribution in [3.8, 4) is 0 Å². The molecular formula is C32H47F5O2S. The number of unbranched alkanes of at least 4 members (excludes halogenated alkanes) is 7. The molecule has 1 aromatic rings. The second-order valence-corrected chi connectivity index (χ2v) is 15.2. The summed E-state index contributed by atoms with van der Waals surface area (Å²) < 4.78 is 86.5. The van der Waals surface area contributed by atoms with Crippen LogP contribution in [0, 0.1) is 17.3 Å². The first-order valence-electron chi connectivity index (χ1n) is 15.7. The summed E-state index contributed by atoms with van der Waals surface area (Å²) in [4.78, 5) is 0. The molecule has 4 rings (SSSR count). The first kappa shape index (κ1) is 31.7. The van der Waals surface area contributed by atoms with Crippen molar-refractivity contribution >= 4 is 9.84 Å². The van der Waals surface area contributed by atoms with Gasteiger partial charge in [0.1, 0.15) is 9.84 Å². The second-order valence-electron chi connectivity index (χ2n) is 12.9. The van der Waals surface area contributed by atoms with Crippen molar-refractivity contribution in [2.75, 3.05) is 11.5 Å². The number of hydrogen-bond acceptors (Lipinski definition) is 2. The molecule has 0 aliphatic heterocycles. The van der Waals surface area contributed by atoms with Gasteiger partial charge in [0, 0.05) is 6.42 Å². The lowest BCUT2D eigenvalue weighted by atomic mass is 9.54. The molecule has 8 heteroatoms. The smallest absolute Gasteiger partial charge is 0.229 e. The fraction of sp³-hybridized carbons (Fsp3) is 0.812. The van der Waals surface area contributed by atoms with Crippen molar-refractivity contribution in [2.45, 2.75) is 134 Å². The van der Waals surface area contributed by atoms with Gasteiger partial charge in [0.15, 0.2) is 0 Å². The Morgan fingerprint density at radius 2 is 1.43 bits per heavy atom. The van der Waals surface area contributed by atoms with E-state index in [1.165, 1.54) is 70.6 Å². The van der Waals surface area contributed by atoms with E-state index >= 15 is 0 Å². The van der Waals surface area contributed by atoms with E-state index in [9.17, 15) is 30.4 Å². The molecule has 3 aliphatic rings. The van der Waals surface area contributed by atoms with Crippen molar-refractivity contribution < 1.29 is 30.4 Å². The SMILES string of the molecule is O=S(=O)(CCCCCCCCCC[C@@]12CCC[C@H]1[C@@H]1CCc3ccccc3[C@H]1CC2)CCCC(F)(F)C(F)(F)F. The molecule has 1 aromatic carbocycles. The Labute approximate surface area is 237 Å². The molecule has 0 unspecified atom stereocenters. The van der Waals surface area contributed by atoms with Crippen molar-refractivity contribution in [3.63, 3.8) is 0 Å². The maximum atomic E-state index is 12.9. The molecular weight excluding hydrogens is 543 g/mol. The Bertz CT molecular complexity index is 1050. The maximum absolute atomic E-state index is 12.9. The van der Waals surface area contributed by atoms with E-state index in [4.69, 9.17) is 0 Å². The monoisotopic (exact) mass is 590 g/mol. The van der Waals surface area contributed by atoms with Crippen molar-refractivity contribution in [3.05, 3.63) is 35.4 Å². The van der Waals surface area contributed by atoms with Crippen LogP contribution in [0.25, 0.3) is 0 Å². The lowest BCUT2D eigenvalue weighted by molar-refractivity contribution is -0.284. The molecule has 2 nitrogen and oxygen atoms in total. The van der Waals surface area contributed by atoms with Gasteiger partial charge in [0.25, 0.3) is 0 Å². The molecule has 4 atom stereocenters. The normalized spacial score (nSPS) is 26.8. The molecule has 0 N–H and O–H groups in total. The van der Waals surface area contributed by atoms with E-state index in [-0.39, 0.29) is 5.75 Å². The van der Waals surface area contributed by atoms with Crippen LogP contribution in [-0.4, -0.2) is 32.0 Å². The van der Waals surface area contributed by atoms with Crippen LogP contribution in [-0.2, 0) is 16.3 Å². The molecule has 0 heterocycles. The zero-order valence-corrected chi connectivity index (χ0v) is 24.6. The zero-order chi connectivity index (χ0) is 28.9. The first-order chi connectivity index (χ1) is 18.9. The summed E-state index contributed by atoms with van der Waals surface area (Å²) >= 11 is 0. The van der Waals surface area contributed by atoms with Gasteiger partial charge in [-0.3, -0.25) is 0 Å². The van der Waals surface area contributed by atoms with Crippen LogP contribution in [0.5, 0.6) is 0 Å². The van der Waals surface area contributed by atoms with Gasteiger partial charge in [0.2, 0.25) is 0 Å². The van der Waals surface area contributed by atoms with Crippen LogP contribution in [0.3, 0.4) is 0 Å². The number of hydrogen-bond donors (Lipinski definition) is 0. The average Bonchev–Trinajstić information content (AvgIpc) is 3.33. The van der Waals surface area contributed by atoms with Gasteiger partial charge in [-0.05, 0) is 92.1 Å². The Kier molecular flexibility index (Phi) is 10.6. The zero-order valence-electron chi connectivity index (χ0n) is 23.8. The van der Waals surface area contributed by atoms with Crippen LogP contribution in [0.4, 0.5) is 22.0 Å². The summed E-state index contributed by atoms with van der Waals surface area (Å²) in [6.45, 7) is 0. The van der Waals surface area contributed by atoms with Gasteiger partial charge in [0.05, 0.1) is 11.5 Å². The third kappa shape index (κ3) is 7.80. The van der Waals surface area contributed by atoms with Crippen LogP contribution in [0.15, 0.2) is 24.3 Å². The molecule has 0 saturated heterocycles. The first-order valence-corrected chi connectivity index (χ1v) is 17.5. The van der Waals surface area contributed by atoms with E-state index in [1.54, 1.807) is 11.1 Å². The number of fused-ring (bicyclic) bond motifs is 5. The predicted octanol–water partition coefficient (Wildman–Crippen LogP) is 9.82. The minimum absolute atomic E-state index is 0.138. The third-order valence-corrected chi connectivity index (χ3v) is 12.2. The highest BCUT2D eigenvalue weighted by atomic mass is 32.2. The topological polar surface area (TPSA) is 34.1 Å². The summed E-state index contributed by atoms with van der Waals surface area (Å²) in [5.41, 5.74) is 3.80. The quantitative estimate of drug-likeness (QED) is 0.151. The Morgan fingerprint density at radius 1 is 0.775 bits per heavy atom. The van der Waals surface area contributed by atoms with Crippen molar-refractivity contribution in [1.29, 1.82) is 0 Å². The minimum atomic E-state index is -5.63. The lowest BCUT2D eigenvalue weighted by Gasteiger charge is -2.51. The van der Waals surface area contributed by atoms with E-state index in [1.807, 2.05) is 0 Å². The fourth-order valence-corrected chi connectivity index (χ4v) is 9.80. The van der Waals surface area contributed by atoms with Crippen LogP contribution < -0.4 is 0 Å². The Morgan fingerprint density at radius 3 is 2.15 bits per heavy atom. The van der Waals surface area contributed by atoms with Gasteiger partial charge in [-0.1, -0.05) is 75.6 Å². The highest BCUT2D eigenvalue weighted by molar-refractivity contribution is 7.91. The number of benzene rings is 1. The summed E-state index contributed by atoms with van der Waals surface area (Å²) in [5, 5.41) is 0. The predicted molar refractivity (Wildman–Crippen MR) is 150 cm³/mol. The number of aryl methyl sites for hydroxylation is 1. The summed E-state index contributed by atoms with van der Waals surface area (Å²) in [5.74, 6) is -3.04. The van der Waals surface area contributed by atoms with Crippen LogP contribution >= 0.6 is 0 Å². The maximum Gasteiger partial charge on any atom is 0.453 e. The Balaban J connectivity index is 1.06. The van der Waals surface area contributed by atoms with Gasteiger partial charge in [-0.25, -0.2) is 8.42 Å². The molecule has 0 bridgehead atoms. The van der Waals surface area contributed by atoms with E-state index in [0.29, 0.717) is 11.8 Å². The van der Waals surface area contributed by atoms with Gasteiger partial charge in [-0.15, -0.1) is 0 Å². The standard InChI is InChI=1S/C32H47F5O2S/c33-31(34,32(35,36)37)21-12-24-40(38,39)23-10-6-4-2-1-3-5-9-19-30-20-11-15-29(30)28-17-16-25-13-7-8-14-26(25)27(28)18-22-30/h7-8,13-14,27-29H,1-6,9-12,15-24H2/t27-,28-,29+,30+/m1/s1. The molecule has 2 fully saturated rings. The van der Waals surface area contributed by atoms with Gasteiger partial charge < -0.3 is 0 Å². The van der Waals surface area contributed by atoms with Crippen LogP contribution in [0.2, 0.25) is 0 Å². The largest absolute Gasteiger partial charge is 0.453 e. The number of rotatable bonds is 15. The molecule has 0 aromatic heterocycles. The van der Waals surface area contributed by atoms with E-state index < -0.39 is 40.5 Å². The third-order valence-electron chi connectivity index (χ3n) is 10.4.